The monoisotopic (exact) mass is 382 g/mol. The third-order valence-corrected chi connectivity index (χ3v) is 4.25. The molecule has 0 aliphatic rings. The number of nitrogens with zero attached hydrogens (tertiary/aromatic N) is 2. The molecule has 0 saturated carbocycles. The van der Waals surface area contributed by atoms with Crippen molar-refractivity contribution >= 4 is 6.47 Å². The molecule has 1 aromatic carbocycles. The molecule has 0 saturated heterocycles. The van der Waals surface area contributed by atoms with E-state index in [0.29, 0.717) is 24.1 Å². The van der Waals surface area contributed by atoms with Gasteiger partial charge in [-0.25, -0.2) is 4.39 Å². The Bertz CT molecular complexity index is 787. The second kappa shape index (κ2) is 9.36. The van der Waals surface area contributed by atoms with Crippen LogP contribution in [0, 0.1) is 12.7 Å². The van der Waals surface area contributed by atoms with Gasteiger partial charge in [0.25, 0.3) is 6.47 Å². The number of alkyl halides is 2. The van der Waals surface area contributed by atoms with Crippen molar-refractivity contribution in [1.82, 2.24) is 9.88 Å². The Morgan fingerprint density at radius 3 is 2.67 bits per heavy atom. The maximum Gasteiger partial charge on any atom is 0.387 e. The molecule has 0 unspecified atom stereocenters. The number of halogens is 3. The van der Waals surface area contributed by atoms with Gasteiger partial charge in [-0.15, -0.1) is 0 Å². The zero-order valence-electron chi connectivity index (χ0n) is 15.3. The van der Waals surface area contributed by atoms with Gasteiger partial charge in [0.2, 0.25) is 0 Å². The fourth-order valence-electron chi connectivity index (χ4n) is 2.50. The first kappa shape index (κ1) is 20.7. The first-order chi connectivity index (χ1) is 12.8. The zero-order valence-corrected chi connectivity index (χ0v) is 15.3. The van der Waals surface area contributed by atoms with E-state index in [1.165, 1.54) is 12.1 Å². The highest BCUT2D eigenvalue weighted by Crippen LogP contribution is 2.28. The van der Waals surface area contributed by atoms with E-state index < -0.39 is 18.2 Å². The summed E-state index contributed by atoms with van der Waals surface area (Å²) in [5, 5.41) is 0. The quantitative estimate of drug-likeness (QED) is 0.618. The van der Waals surface area contributed by atoms with E-state index in [1.54, 1.807) is 6.20 Å². The van der Waals surface area contributed by atoms with E-state index in [-0.39, 0.29) is 12.6 Å². The lowest BCUT2D eigenvalue weighted by Crippen LogP contribution is -2.32. The third kappa shape index (κ3) is 5.68. The van der Waals surface area contributed by atoms with Gasteiger partial charge >= 0.3 is 6.61 Å². The lowest BCUT2D eigenvalue weighted by molar-refractivity contribution is -0.130. The Balaban J connectivity index is 2.25. The number of ether oxygens (including phenoxy) is 2. The van der Waals surface area contributed by atoms with Crippen LogP contribution in [0.15, 0.2) is 30.5 Å². The van der Waals surface area contributed by atoms with Crippen LogP contribution < -0.4 is 4.74 Å². The van der Waals surface area contributed by atoms with E-state index in [2.05, 4.69) is 9.72 Å². The summed E-state index contributed by atoms with van der Waals surface area (Å²) in [6, 6.07) is 5.65. The molecule has 1 heterocycles. The molecule has 5 nitrogen and oxygen atoms in total. The van der Waals surface area contributed by atoms with Crippen molar-refractivity contribution in [2.45, 2.75) is 33.0 Å². The third-order valence-electron chi connectivity index (χ3n) is 4.25. The van der Waals surface area contributed by atoms with Crippen molar-refractivity contribution in [2.75, 3.05) is 13.7 Å². The summed E-state index contributed by atoms with van der Waals surface area (Å²) < 4.78 is 47.5. The highest BCUT2D eigenvalue weighted by Gasteiger charge is 2.15. The van der Waals surface area contributed by atoms with Crippen LogP contribution in [0.3, 0.4) is 0 Å². The van der Waals surface area contributed by atoms with Crippen LogP contribution in [0.5, 0.6) is 5.75 Å². The summed E-state index contributed by atoms with van der Waals surface area (Å²) in [6.45, 7) is 1.88. The van der Waals surface area contributed by atoms with Gasteiger partial charge in [-0.1, -0.05) is 6.07 Å². The van der Waals surface area contributed by atoms with Crippen LogP contribution in [0.25, 0.3) is 11.1 Å². The van der Waals surface area contributed by atoms with Crippen molar-refractivity contribution in [3.05, 3.63) is 47.5 Å². The van der Waals surface area contributed by atoms with Crippen LogP contribution in [-0.2, 0) is 16.1 Å². The van der Waals surface area contributed by atoms with Gasteiger partial charge in [-0.05, 0) is 50.2 Å². The maximum absolute atomic E-state index is 13.6. The molecule has 27 heavy (non-hydrogen) atoms. The van der Waals surface area contributed by atoms with Crippen LogP contribution in [0.4, 0.5) is 13.2 Å². The van der Waals surface area contributed by atoms with Crippen LogP contribution in [-0.4, -0.2) is 42.7 Å². The average molecular weight is 382 g/mol. The lowest BCUT2D eigenvalue weighted by Gasteiger charge is -2.24. The minimum atomic E-state index is -3.11. The van der Waals surface area contributed by atoms with Crippen LogP contribution in [0.2, 0.25) is 0 Å². The average Bonchev–Trinajstić information content (AvgIpc) is 2.63. The summed E-state index contributed by atoms with van der Waals surface area (Å²) in [4.78, 5) is 16.7. The Hall–Kier alpha value is -2.61. The SMILES string of the molecule is Cc1ncc(-c2ccc(F)c(OC(F)F)c2)cc1CN(C)[C@H](C)COC=O. The van der Waals surface area contributed by atoms with Crippen molar-refractivity contribution in [3.63, 3.8) is 0 Å². The highest BCUT2D eigenvalue weighted by atomic mass is 19.3. The number of aromatic nitrogens is 1. The van der Waals surface area contributed by atoms with Gasteiger partial charge < -0.3 is 9.47 Å². The molecule has 0 amide bonds. The van der Waals surface area contributed by atoms with Crippen LogP contribution in [0.1, 0.15) is 18.2 Å². The molecule has 0 spiro atoms. The second-order valence-electron chi connectivity index (χ2n) is 6.19. The summed E-state index contributed by atoms with van der Waals surface area (Å²) in [5.41, 5.74) is 2.88. The molecule has 0 aliphatic heterocycles. The number of carbonyl (C=O) groups excluding carboxylic acids is 1. The van der Waals surface area contributed by atoms with Gasteiger partial charge in [0.1, 0.15) is 6.61 Å². The van der Waals surface area contributed by atoms with Crippen LogP contribution >= 0.6 is 0 Å². The Morgan fingerprint density at radius 2 is 2.00 bits per heavy atom. The maximum atomic E-state index is 13.6. The molecule has 2 aromatic rings. The Morgan fingerprint density at radius 1 is 1.26 bits per heavy atom. The Labute approximate surface area is 155 Å². The van der Waals surface area contributed by atoms with Crippen molar-refractivity contribution in [3.8, 4) is 16.9 Å². The molecule has 146 valence electrons. The molecule has 0 aliphatic carbocycles. The minimum absolute atomic E-state index is 0.00452. The van der Waals surface area contributed by atoms with E-state index in [4.69, 9.17) is 4.74 Å². The summed E-state index contributed by atoms with van der Waals surface area (Å²) in [6.07, 6.45) is 1.59. The van der Waals surface area contributed by atoms with Crippen molar-refractivity contribution in [2.24, 2.45) is 0 Å². The summed E-state index contributed by atoms with van der Waals surface area (Å²) >= 11 is 0. The number of benzene rings is 1. The van der Waals surface area contributed by atoms with Gasteiger partial charge in [0.05, 0.1) is 0 Å². The molecule has 1 aromatic heterocycles. The number of rotatable bonds is 9. The number of pyridine rings is 1. The Kier molecular flexibility index (Phi) is 7.18. The standard InChI is InChI=1S/C19H21F3N2O3/c1-12(10-26-11-25)24(3)9-16-6-15(8-23-13(16)2)14-4-5-17(20)18(7-14)27-19(21)22/h4-8,11-12,19H,9-10H2,1-3H3/t12-/m1/s1. The molecule has 0 fully saturated rings. The normalized spacial score (nSPS) is 12.3. The molecule has 0 radical (unpaired) electrons. The predicted octanol–water partition coefficient (Wildman–Crippen LogP) is 3.79. The predicted molar refractivity (Wildman–Crippen MR) is 93.9 cm³/mol. The molecule has 0 bridgehead atoms. The molecule has 0 N–H and O–H groups in total. The van der Waals surface area contributed by atoms with Gasteiger partial charge in [0.15, 0.2) is 11.6 Å². The van der Waals surface area contributed by atoms with E-state index >= 15 is 0 Å². The van der Waals surface area contributed by atoms with Gasteiger partial charge in [-0.2, -0.15) is 8.78 Å². The summed E-state index contributed by atoms with van der Waals surface area (Å²) in [7, 11) is 1.89. The largest absolute Gasteiger partial charge is 0.466 e. The van der Waals surface area contributed by atoms with E-state index in [0.717, 1.165) is 17.3 Å². The second-order valence-corrected chi connectivity index (χ2v) is 6.19. The van der Waals surface area contributed by atoms with Crippen molar-refractivity contribution in [1.29, 1.82) is 0 Å². The minimum Gasteiger partial charge on any atom is -0.466 e. The van der Waals surface area contributed by atoms with Crippen molar-refractivity contribution < 1.29 is 27.4 Å². The first-order valence-electron chi connectivity index (χ1n) is 8.27. The molecular formula is C19H21F3N2O3. The fraction of sp³-hybridized carbons (Fsp3) is 0.368. The lowest BCUT2D eigenvalue weighted by atomic mass is 10.0. The number of likely N-dealkylation sites (N-methyl/N-ethyl adjacent to an activating group) is 1. The number of hydrogen-bond donors (Lipinski definition) is 0. The molecule has 2 rings (SSSR count). The van der Waals surface area contributed by atoms with E-state index in [1.807, 2.05) is 31.9 Å². The topological polar surface area (TPSA) is 51.7 Å². The van der Waals surface area contributed by atoms with Gasteiger partial charge in [0, 0.05) is 30.0 Å². The molecule has 8 heteroatoms. The number of carbonyl (C=O) groups is 1. The first-order valence-corrected chi connectivity index (χ1v) is 8.27. The smallest absolute Gasteiger partial charge is 0.387 e. The summed E-state index contributed by atoms with van der Waals surface area (Å²) in [5.74, 6) is -1.37. The molecule has 1 atom stereocenters. The number of hydrogen-bond acceptors (Lipinski definition) is 5. The number of aryl methyl sites for hydroxylation is 1. The van der Waals surface area contributed by atoms with Gasteiger partial charge in [-0.3, -0.25) is 14.7 Å². The van der Waals surface area contributed by atoms with E-state index in [9.17, 15) is 18.0 Å². The fourth-order valence-corrected chi connectivity index (χ4v) is 2.50. The zero-order chi connectivity index (χ0) is 20.0. The molecular weight excluding hydrogens is 361 g/mol. The highest BCUT2D eigenvalue weighted by molar-refractivity contribution is 5.65.